The standard InChI is InChI=1S/C35H46N2O3/c1-4-7-12-28-18-20-29(21-19-28)13-8-9-26-40-33-17-11-15-31(37-33)23-22-30-14-10-16-32(27-30)36-25-24-35(5-2,6-3)34(38)39/h10-11,14-23,27,36H,4-9,12-13,24-26H2,1-3H3,(H,38,39). The average Bonchev–Trinajstić information content (AvgIpc) is 2.98. The summed E-state index contributed by atoms with van der Waals surface area (Å²) in [5.74, 6) is -0.0652. The van der Waals surface area contributed by atoms with Crippen LogP contribution in [-0.4, -0.2) is 29.2 Å². The maximum Gasteiger partial charge on any atom is 0.309 e. The van der Waals surface area contributed by atoms with Crippen molar-refractivity contribution in [2.24, 2.45) is 5.41 Å². The minimum Gasteiger partial charge on any atom is -0.481 e. The first-order valence-corrected chi connectivity index (χ1v) is 14.9. The Morgan fingerprint density at radius 2 is 1.60 bits per heavy atom. The van der Waals surface area contributed by atoms with Gasteiger partial charge in [0, 0.05) is 18.3 Å². The molecular weight excluding hydrogens is 496 g/mol. The molecule has 0 saturated carbocycles. The van der Waals surface area contributed by atoms with Crippen molar-refractivity contribution in [2.75, 3.05) is 18.5 Å². The number of ether oxygens (including phenoxy) is 1. The number of anilines is 1. The Balaban J connectivity index is 1.44. The number of benzene rings is 2. The van der Waals surface area contributed by atoms with E-state index >= 15 is 0 Å². The highest BCUT2D eigenvalue weighted by molar-refractivity contribution is 5.74. The summed E-state index contributed by atoms with van der Waals surface area (Å²) in [6.07, 6.45) is 12.7. The highest BCUT2D eigenvalue weighted by Crippen LogP contribution is 2.31. The van der Waals surface area contributed by atoms with Crippen molar-refractivity contribution < 1.29 is 14.6 Å². The summed E-state index contributed by atoms with van der Waals surface area (Å²) in [5.41, 5.74) is 5.03. The molecule has 0 unspecified atom stereocenters. The molecule has 3 aromatic rings. The van der Waals surface area contributed by atoms with E-state index in [4.69, 9.17) is 4.74 Å². The second-order valence-electron chi connectivity index (χ2n) is 10.6. The molecule has 1 heterocycles. The largest absolute Gasteiger partial charge is 0.481 e. The summed E-state index contributed by atoms with van der Waals surface area (Å²) in [5, 5.41) is 13.0. The zero-order chi connectivity index (χ0) is 28.6. The molecule has 0 radical (unpaired) electrons. The summed E-state index contributed by atoms with van der Waals surface area (Å²) in [6.45, 7) is 7.41. The summed E-state index contributed by atoms with van der Waals surface area (Å²) >= 11 is 0. The van der Waals surface area contributed by atoms with Crippen molar-refractivity contribution in [3.05, 3.63) is 89.1 Å². The Labute approximate surface area is 240 Å². The molecule has 0 spiro atoms. The average molecular weight is 543 g/mol. The zero-order valence-corrected chi connectivity index (χ0v) is 24.5. The van der Waals surface area contributed by atoms with E-state index in [2.05, 4.69) is 47.6 Å². The SMILES string of the molecule is CCCCc1ccc(CCCCOc2cccc(C=Cc3cccc(NCCC(CC)(CC)C(=O)O)c3)n2)cc1. The smallest absolute Gasteiger partial charge is 0.309 e. The normalized spacial score (nSPS) is 11.6. The second-order valence-corrected chi connectivity index (χ2v) is 10.6. The van der Waals surface area contributed by atoms with Crippen molar-refractivity contribution in [1.29, 1.82) is 0 Å². The molecule has 0 amide bonds. The van der Waals surface area contributed by atoms with E-state index in [1.807, 2.05) is 62.4 Å². The minimum atomic E-state index is -0.710. The zero-order valence-electron chi connectivity index (χ0n) is 24.5. The van der Waals surface area contributed by atoms with E-state index < -0.39 is 11.4 Å². The Hall–Kier alpha value is -3.60. The van der Waals surface area contributed by atoms with Gasteiger partial charge in [0.1, 0.15) is 0 Å². The predicted octanol–water partition coefficient (Wildman–Crippen LogP) is 8.69. The number of aromatic nitrogens is 1. The van der Waals surface area contributed by atoms with Gasteiger partial charge in [0.05, 0.1) is 17.7 Å². The van der Waals surface area contributed by atoms with Crippen molar-refractivity contribution in [2.45, 2.75) is 78.6 Å². The molecule has 0 fully saturated rings. The number of rotatable bonds is 18. The number of hydrogen-bond donors (Lipinski definition) is 2. The molecule has 2 aromatic carbocycles. The molecule has 0 bridgehead atoms. The molecule has 0 aliphatic heterocycles. The first kappa shape index (κ1) is 30.9. The fraction of sp³-hybridized carbons (Fsp3) is 0.429. The van der Waals surface area contributed by atoms with Crippen LogP contribution in [0, 0.1) is 5.41 Å². The molecule has 40 heavy (non-hydrogen) atoms. The molecule has 0 atom stereocenters. The van der Waals surface area contributed by atoms with Gasteiger partial charge in [0.2, 0.25) is 5.88 Å². The maximum atomic E-state index is 11.7. The number of hydrogen-bond acceptors (Lipinski definition) is 4. The number of aryl methyl sites for hydroxylation is 2. The number of unbranched alkanes of at least 4 members (excludes halogenated alkanes) is 2. The molecule has 0 aliphatic rings. The van der Waals surface area contributed by atoms with Crippen molar-refractivity contribution in [3.63, 3.8) is 0 Å². The number of carboxylic acids is 1. The third-order valence-electron chi connectivity index (χ3n) is 7.77. The van der Waals surface area contributed by atoms with E-state index in [1.165, 1.54) is 30.4 Å². The molecule has 5 heteroatoms. The van der Waals surface area contributed by atoms with Gasteiger partial charge in [-0.05, 0) is 92.3 Å². The topological polar surface area (TPSA) is 71.5 Å². The van der Waals surface area contributed by atoms with E-state index in [0.717, 1.165) is 36.2 Å². The summed E-state index contributed by atoms with van der Waals surface area (Å²) < 4.78 is 5.93. The van der Waals surface area contributed by atoms with Gasteiger partial charge in [0.15, 0.2) is 0 Å². The van der Waals surface area contributed by atoms with Crippen LogP contribution in [0.4, 0.5) is 5.69 Å². The molecule has 0 aliphatic carbocycles. The van der Waals surface area contributed by atoms with Crippen molar-refractivity contribution in [3.8, 4) is 5.88 Å². The van der Waals surface area contributed by atoms with Crippen LogP contribution >= 0.6 is 0 Å². The first-order chi connectivity index (χ1) is 19.5. The number of carboxylic acid groups (broad SMARTS) is 1. The van der Waals surface area contributed by atoms with Crippen LogP contribution in [0.25, 0.3) is 12.2 Å². The lowest BCUT2D eigenvalue weighted by Gasteiger charge is -2.26. The molecular formula is C35H46N2O3. The van der Waals surface area contributed by atoms with Gasteiger partial charge >= 0.3 is 5.97 Å². The minimum absolute atomic E-state index is 0.596. The summed E-state index contributed by atoms with van der Waals surface area (Å²) in [6, 6.07) is 23.0. The van der Waals surface area contributed by atoms with Gasteiger partial charge in [0.25, 0.3) is 0 Å². The highest BCUT2D eigenvalue weighted by atomic mass is 16.5. The van der Waals surface area contributed by atoms with Crippen LogP contribution in [0.1, 0.15) is 88.1 Å². The van der Waals surface area contributed by atoms with Crippen LogP contribution in [-0.2, 0) is 17.6 Å². The number of nitrogens with one attached hydrogen (secondary N) is 1. The van der Waals surface area contributed by atoms with Crippen LogP contribution in [0.2, 0.25) is 0 Å². The fourth-order valence-corrected chi connectivity index (χ4v) is 4.86. The van der Waals surface area contributed by atoms with E-state index in [0.29, 0.717) is 38.3 Å². The second kappa shape index (κ2) is 16.5. The first-order valence-electron chi connectivity index (χ1n) is 14.9. The molecule has 5 nitrogen and oxygen atoms in total. The molecule has 2 N–H and O–H groups in total. The Kier molecular flexibility index (Phi) is 12.8. The summed E-state index contributed by atoms with van der Waals surface area (Å²) in [7, 11) is 0. The van der Waals surface area contributed by atoms with Gasteiger partial charge in [-0.3, -0.25) is 4.79 Å². The number of aliphatic carboxylic acids is 1. The van der Waals surface area contributed by atoms with Crippen LogP contribution in [0.5, 0.6) is 5.88 Å². The Morgan fingerprint density at radius 3 is 2.27 bits per heavy atom. The number of pyridine rings is 1. The third kappa shape index (κ3) is 9.86. The lowest BCUT2D eigenvalue weighted by Crippen LogP contribution is -2.31. The third-order valence-corrected chi connectivity index (χ3v) is 7.77. The number of carbonyl (C=O) groups is 1. The molecule has 214 valence electrons. The van der Waals surface area contributed by atoms with Gasteiger partial charge in [-0.1, -0.05) is 75.7 Å². The van der Waals surface area contributed by atoms with Crippen LogP contribution in [0.15, 0.2) is 66.7 Å². The molecule has 0 saturated heterocycles. The van der Waals surface area contributed by atoms with Gasteiger partial charge in [-0.25, -0.2) is 4.98 Å². The van der Waals surface area contributed by atoms with Gasteiger partial charge in [-0.15, -0.1) is 0 Å². The van der Waals surface area contributed by atoms with Crippen molar-refractivity contribution in [1.82, 2.24) is 4.98 Å². The van der Waals surface area contributed by atoms with Crippen molar-refractivity contribution >= 4 is 23.8 Å². The predicted molar refractivity (Wildman–Crippen MR) is 167 cm³/mol. The monoisotopic (exact) mass is 542 g/mol. The highest BCUT2D eigenvalue weighted by Gasteiger charge is 2.34. The van der Waals surface area contributed by atoms with Crippen LogP contribution < -0.4 is 10.1 Å². The van der Waals surface area contributed by atoms with E-state index in [9.17, 15) is 9.90 Å². The molecule has 1 aromatic heterocycles. The maximum absolute atomic E-state index is 11.7. The quantitative estimate of drug-likeness (QED) is 0.157. The lowest BCUT2D eigenvalue weighted by molar-refractivity contribution is -0.149. The fourth-order valence-electron chi connectivity index (χ4n) is 4.86. The number of nitrogens with zero attached hydrogens (tertiary/aromatic N) is 1. The van der Waals surface area contributed by atoms with Gasteiger partial charge < -0.3 is 15.2 Å². The Bertz CT molecular complexity index is 1200. The van der Waals surface area contributed by atoms with E-state index in [-0.39, 0.29) is 0 Å². The van der Waals surface area contributed by atoms with Crippen LogP contribution in [0.3, 0.4) is 0 Å². The molecule has 3 rings (SSSR count). The van der Waals surface area contributed by atoms with E-state index in [1.54, 1.807) is 0 Å². The van der Waals surface area contributed by atoms with Gasteiger partial charge in [-0.2, -0.15) is 0 Å². The lowest BCUT2D eigenvalue weighted by atomic mass is 9.79. The summed E-state index contributed by atoms with van der Waals surface area (Å²) in [4.78, 5) is 16.4. The Morgan fingerprint density at radius 1 is 0.900 bits per heavy atom.